The zero-order chi connectivity index (χ0) is 16.9. The van der Waals surface area contributed by atoms with Crippen LogP contribution >= 0.6 is 0 Å². The number of hydrogen-bond donors (Lipinski definition) is 4. The van der Waals surface area contributed by atoms with E-state index in [0.29, 0.717) is 0 Å². The minimum absolute atomic E-state index is 0. The maximum absolute atomic E-state index is 10.2. The van der Waals surface area contributed by atoms with Crippen molar-refractivity contribution in [2.75, 3.05) is 0 Å². The molecule has 4 N–H and O–H groups in total. The van der Waals surface area contributed by atoms with Gasteiger partial charge in [0.2, 0.25) is 0 Å². The Bertz CT molecular complexity index is 624. The molecule has 0 radical (unpaired) electrons. The van der Waals surface area contributed by atoms with E-state index in [4.69, 9.17) is 20.4 Å². The molecule has 2 rings (SSSR count). The van der Waals surface area contributed by atoms with E-state index in [0.717, 1.165) is 12.2 Å². The first-order valence-corrected chi connectivity index (χ1v) is 5.69. The number of aliphatic hydroxyl groups is 2. The minimum atomic E-state index is -1.11. The van der Waals surface area contributed by atoms with Crippen LogP contribution in [0, 0.1) is 0 Å². The van der Waals surface area contributed by atoms with Crippen molar-refractivity contribution in [3.05, 3.63) is 70.6 Å². The average Bonchev–Trinajstić information content (AvgIpc) is 3.09. The van der Waals surface area contributed by atoms with E-state index in [2.05, 4.69) is 0 Å². The molecule has 0 aliphatic heterocycles. The SMILES string of the molecule is O=C(O)C1=CC(=C([O-])O)C=C1.O=C(O)C1=CC(=C([O-])O)C=C1.[Fe+2]. The van der Waals surface area contributed by atoms with Crippen molar-refractivity contribution in [1.82, 2.24) is 0 Å². The summed E-state index contributed by atoms with van der Waals surface area (Å²) in [5.74, 6) is -4.45. The van der Waals surface area contributed by atoms with E-state index in [9.17, 15) is 19.8 Å². The van der Waals surface area contributed by atoms with Gasteiger partial charge in [0.15, 0.2) is 0 Å². The standard InChI is InChI=1S/2C7H6O4.Fe/c2*8-6(9)4-1-2-5(3-4)7(10)11;/h2*1-3,8-9H,(H,10,11);/q;;+2/p-2. The second kappa shape index (κ2) is 8.52. The van der Waals surface area contributed by atoms with Crippen LogP contribution in [0.3, 0.4) is 0 Å². The van der Waals surface area contributed by atoms with Crippen molar-refractivity contribution in [3.63, 3.8) is 0 Å². The van der Waals surface area contributed by atoms with Crippen molar-refractivity contribution in [3.8, 4) is 0 Å². The Hall–Kier alpha value is -2.90. The second-order valence-electron chi connectivity index (χ2n) is 4.00. The van der Waals surface area contributed by atoms with Crippen LogP contribution < -0.4 is 10.2 Å². The van der Waals surface area contributed by atoms with Gasteiger partial charge in [-0.25, -0.2) is 9.59 Å². The molecule has 0 heterocycles. The molecular formula is C14H10FeO8. The van der Waals surface area contributed by atoms with E-state index in [1.165, 1.54) is 24.3 Å². The van der Waals surface area contributed by atoms with Crippen LogP contribution in [0.15, 0.2) is 70.6 Å². The minimum Gasteiger partial charge on any atom is -0.629 e. The Kier molecular flexibility index (Phi) is 7.45. The molecule has 0 atom stereocenters. The number of carboxylic acid groups (broad SMARTS) is 2. The third-order valence-electron chi connectivity index (χ3n) is 2.49. The Morgan fingerprint density at radius 2 is 1.00 bits per heavy atom. The van der Waals surface area contributed by atoms with Crippen LogP contribution in [0.4, 0.5) is 0 Å². The molecule has 0 amide bonds. The molecule has 0 unspecified atom stereocenters. The quantitative estimate of drug-likeness (QED) is 0.374. The Morgan fingerprint density at radius 3 is 1.13 bits per heavy atom. The third-order valence-corrected chi connectivity index (χ3v) is 2.49. The predicted octanol–water partition coefficient (Wildman–Crippen LogP) is -0.608. The fourth-order valence-corrected chi connectivity index (χ4v) is 1.42. The summed E-state index contributed by atoms with van der Waals surface area (Å²) < 4.78 is 0. The van der Waals surface area contributed by atoms with Gasteiger partial charge in [-0.15, -0.1) is 0 Å². The summed E-state index contributed by atoms with van der Waals surface area (Å²) in [6, 6.07) is 0. The molecule has 9 heteroatoms. The monoisotopic (exact) mass is 362 g/mol. The van der Waals surface area contributed by atoms with Gasteiger partial charge in [-0.05, 0) is 35.5 Å². The Balaban J connectivity index is 0.000000403. The predicted molar refractivity (Wildman–Crippen MR) is 69.0 cm³/mol. The van der Waals surface area contributed by atoms with Gasteiger partial charge in [-0.2, -0.15) is 0 Å². The van der Waals surface area contributed by atoms with Crippen molar-refractivity contribution >= 4 is 11.9 Å². The van der Waals surface area contributed by atoms with Crippen LogP contribution in [-0.4, -0.2) is 32.4 Å². The summed E-state index contributed by atoms with van der Waals surface area (Å²) in [6.07, 6.45) is 7.25. The van der Waals surface area contributed by atoms with E-state index in [1.54, 1.807) is 0 Å². The average molecular weight is 362 g/mol. The van der Waals surface area contributed by atoms with Crippen molar-refractivity contribution in [2.45, 2.75) is 0 Å². The first kappa shape index (κ1) is 20.1. The largest absolute Gasteiger partial charge is 2.00 e. The molecule has 0 saturated heterocycles. The summed E-state index contributed by atoms with van der Waals surface area (Å²) in [4.78, 5) is 20.5. The summed E-state index contributed by atoms with van der Waals surface area (Å²) in [6.45, 7) is 0. The van der Waals surface area contributed by atoms with Gasteiger partial charge in [-0.3, -0.25) is 0 Å². The third kappa shape index (κ3) is 5.77. The number of aliphatic carboxylic acids is 2. The van der Waals surface area contributed by atoms with E-state index in [-0.39, 0.29) is 39.4 Å². The zero-order valence-corrected chi connectivity index (χ0v) is 12.3. The fraction of sp³-hybridized carbons (Fsp3) is 0. The molecule has 0 aromatic heterocycles. The summed E-state index contributed by atoms with van der Waals surface area (Å²) in [5, 5.41) is 54.0. The van der Waals surface area contributed by atoms with E-state index >= 15 is 0 Å². The molecule has 0 spiro atoms. The molecule has 23 heavy (non-hydrogen) atoms. The van der Waals surface area contributed by atoms with Gasteiger partial charge in [0.1, 0.15) is 0 Å². The fourth-order valence-electron chi connectivity index (χ4n) is 1.42. The number of hydrogen-bond acceptors (Lipinski definition) is 6. The maximum atomic E-state index is 10.2. The van der Waals surface area contributed by atoms with Crippen LogP contribution in [-0.2, 0) is 26.7 Å². The Labute approximate surface area is 140 Å². The normalized spacial score (nSPS) is 19.0. The first-order valence-electron chi connectivity index (χ1n) is 5.69. The number of rotatable bonds is 2. The smallest absolute Gasteiger partial charge is 0.629 e. The number of carboxylic acids is 2. The van der Waals surface area contributed by atoms with Crippen LogP contribution in [0.25, 0.3) is 0 Å². The van der Waals surface area contributed by atoms with Gasteiger partial charge in [-0.1, -0.05) is 12.2 Å². The first-order chi connectivity index (χ1) is 10.2. The molecule has 0 bridgehead atoms. The van der Waals surface area contributed by atoms with Crippen molar-refractivity contribution < 1.29 is 57.3 Å². The summed E-state index contributed by atoms with van der Waals surface area (Å²) in [5.41, 5.74) is 0.00889. The van der Waals surface area contributed by atoms with Gasteiger partial charge >= 0.3 is 29.0 Å². The summed E-state index contributed by atoms with van der Waals surface area (Å²) >= 11 is 0. The Morgan fingerprint density at radius 1 is 0.696 bits per heavy atom. The van der Waals surface area contributed by atoms with Crippen molar-refractivity contribution in [2.24, 2.45) is 0 Å². The molecule has 0 aromatic carbocycles. The molecule has 2 aliphatic rings. The molecule has 122 valence electrons. The molecular weight excluding hydrogens is 352 g/mol. The topological polar surface area (TPSA) is 161 Å². The number of carbonyl (C=O) groups is 2. The van der Waals surface area contributed by atoms with Crippen LogP contribution in [0.2, 0.25) is 0 Å². The summed E-state index contributed by atoms with van der Waals surface area (Å²) in [7, 11) is 0. The van der Waals surface area contributed by atoms with Crippen molar-refractivity contribution in [1.29, 1.82) is 0 Å². The van der Waals surface area contributed by atoms with Gasteiger partial charge in [0, 0.05) is 0 Å². The van der Waals surface area contributed by atoms with E-state index < -0.39 is 23.8 Å². The molecule has 2 aliphatic carbocycles. The second-order valence-corrected chi connectivity index (χ2v) is 4.00. The number of allylic oxidation sites excluding steroid dienone is 6. The zero-order valence-electron chi connectivity index (χ0n) is 11.2. The molecule has 8 nitrogen and oxygen atoms in total. The molecule has 0 aromatic rings. The van der Waals surface area contributed by atoms with Gasteiger partial charge in [0.25, 0.3) is 0 Å². The van der Waals surface area contributed by atoms with Crippen LogP contribution in [0.5, 0.6) is 0 Å². The molecule has 0 saturated carbocycles. The van der Waals surface area contributed by atoms with E-state index in [1.807, 2.05) is 0 Å². The van der Waals surface area contributed by atoms with Gasteiger partial charge in [0.05, 0.1) is 23.0 Å². The molecule has 0 fully saturated rings. The van der Waals surface area contributed by atoms with Crippen LogP contribution in [0.1, 0.15) is 0 Å². The maximum Gasteiger partial charge on any atom is 2.00 e. The number of aliphatic hydroxyl groups excluding tert-OH is 2. The van der Waals surface area contributed by atoms with Gasteiger partial charge < -0.3 is 30.6 Å².